The van der Waals surface area contributed by atoms with Crippen molar-refractivity contribution in [3.63, 3.8) is 0 Å². The van der Waals surface area contributed by atoms with Gasteiger partial charge in [0.1, 0.15) is 18.3 Å². The fourth-order valence-electron chi connectivity index (χ4n) is 5.12. The van der Waals surface area contributed by atoms with E-state index in [2.05, 4.69) is 5.32 Å². The Morgan fingerprint density at radius 3 is 2.23 bits per heavy atom. The highest BCUT2D eigenvalue weighted by atomic mass is 35.5. The molecule has 0 aliphatic rings. The molecule has 0 aliphatic heterocycles. The molecule has 0 radical (unpaired) electrons. The summed E-state index contributed by atoms with van der Waals surface area (Å²) in [6.45, 7) is 3.59. The summed E-state index contributed by atoms with van der Waals surface area (Å²) in [5.74, 6) is -0.689. The number of anilines is 1. The first-order chi connectivity index (χ1) is 22.5. The number of hydrogen-bond donors (Lipinski definition) is 1. The normalized spacial score (nSPS) is 11.9. The zero-order chi connectivity index (χ0) is 34.0. The molecule has 248 valence electrons. The maximum absolute atomic E-state index is 14.7. The number of carbonyl (C=O) groups excluding carboxylic acids is 2. The number of sulfonamides is 1. The molecule has 11 heteroatoms. The average molecular weight is 697 g/mol. The minimum Gasteiger partial charge on any atom is -0.495 e. The van der Waals surface area contributed by atoms with Crippen LogP contribution in [0.4, 0.5) is 5.69 Å². The van der Waals surface area contributed by atoms with Crippen molar-refractivity contribution in [1.29, 1.82) is 0 Å². The molecule has 1 atom stereocenters. The summed E-state index contributed by atoms with van der Waals surface area (Å²) in [5, 5.41) is 3.71. The molecule has 0 aliphatic carbocycles. The fourth-order valence-corrected chi connectivity index (χ4v) is 7.03. The lowest BCUT2D eigenvalue weighted by Gasteiger charge is -2.34. The summed E-state index contributed by atoms with van der Waals surface area (Å²) in [5.41, 5.74) is 2.34. The zero-order valence-corrected chi connectivity index (χ0v) is 29.0. The third-order valence-electron chi connectivity index (χ3n) is 7.67. The van der Waals surface area contributed by atoms with Crippen molar-refractivity contribution >= 4 is 50.7 Å². The molecule has 0 spiro atoms. The average Bonchev–Trinajstić information content (AvgIpc) is 3.06. The van der Waals surface area contributed by atoms with Crippen molar-refractivity contribution in [2.75, 3.05) is 24.5 Å². The number of carbonyl (C=O) groups is 2. The summed E-state index contributed by atoms with van der Waals surface area (Å²) >= 11 is 12.8. The van der Waals surface area contributed by atoms with Gasteiger partial charge in [0.15, 0.2) is 0 Å². The van der Waals surface area contributed by atoms with Gasteiger partial charge >= 0.3 is 0 Å². The number of methoxy groups -OCH3 is 1. The lowest BCUT2D eigenvalue weighted by atomic mass is 10.0. The minimum atomic E-state index is -4.28. The molecular formula is C36H39Cl2N3O5S. The van der Waals surface area contributed by atoms with E-state index >= 15 is 0 Å². The second-order valence-electron chi connectivity index (χ2n) is 11.1. The van der Waals surface area contributed by atoms with Gasteiger partial charge in [-0.15, -0.1) is 0 Å². The SMILES string of the molecule is CCCCNC(=O)C(Cc1ccccc1)N(Cc1ccc(Cl)cc1Cl)C(=O)CN(c1cc(C)ccc1OC)S(=O)(=O)c1ccccc1. The molecule has 0 saturated heterocycles. The molecular weight excluding hydrogens is 657 g/mol. The van der Waals surface area contributed by atoms with Gasteiger partial charge in [-0.1, -0.05) is 97.2 Å². The second-order valence-corrected chi connectivity index (χ2v) is 13.8. The third-order valence-corrected chi connectivity index (χ3v) is 10.0. The van der Waals surface area contributed by atoms with Crippen LogP contribution < -0.4 is 14.4 Å². The lowest BCUT2D eigenvalue weighted by Crippen LogP contribution is -2.53. The van der Waals surface area contributed by atoms with Crippen molar-refractivity contribution < 1.29 is 22.7 Å². The number of benzene rings is 4. The van der Waals surface area contributed by atoms with Crippen molar-refractivity contribution in [2.24, 2.45) is 0 Å². The molecule has 1 N–H and O–H groups in total. The van der Waals surface area contributed by atoms with E-state index in [4.69, 9.17) is 27.9 Å². The molecule has 1 unspecified atom stereocenters. The van der Waals surface area contributed by atoms with Gasteiger partial charge in [0.25, 0.3) is 10.0 Å². The highest BCUT2D eigenvalue weighted by Crippen LogP contribution is 2.34. The first kappa shape index (κ1) is 35.8. The van der Waals surface area contributed by atoms with Crippen molar-refractivity contribution in [3.05, 3.63) is 124 Å². The summed E-state index contributed by atoms with van der Waals surface area (Å²) in [6, 6.07) is 26.3. The number of rotatable bonds is 15. The molecule has 0 fully saturated rings. The van der Waals surface area contributed by atoms with E-state index in [1.165, 1.54) is 24.1 Å². The molecule has 2 amide bonds. The fraction of sp³-hybridized carbons (Fsp3) is 0.278. The summed E-state index contributed by atoms with van der Waals surface area (Å²) < 4.78 is 35.2. The predicted octanol–water partition coefficient (Wildman–Crippen LogP) is 7.06. The highest BCUT2D eigenvalue weighted by Gasteiger charge is 2.35. The van der Waals surface area contributed by atoms with Crippen LogP contribution >= 0.6 is 23.2 Å². The molecule has 4 aromatic rings. The Balaban J connectivity index is 1.85. The number of hydrogen-bond acceptors (Lipinski definition) is 5. The van der Waals surface area contributed by atoms with Crippen LogP contribution in [0.3, 0.4) is 0 Å². The van der Waals surface area contributed by atoms with Gasteiger partial charge in [-0.05, 0) is 66.4 Å². The van der Waals surface area contributed by atoms with E-state index in [0.29, 0.717) is 22.2 Å². The van der Waals surface area contributed by atoms with E-state index in [9.17, 15) is 18.0 Å². The molecule has 0 saturated carbocycles. The summed E-state index contributed by atoms with van der Waals surface area (Å²) in [7, 11) is -2.84. The molecule has 8 nitrogen and oxygen atoms in total. The van der Waals surface area contributed by atoms with Gasteiger partial charge in [-0.25, -0.2) is 8.42 Å². The number of amides is 2. The topological polar surface area (TPSA) is 96.0 Å². The predicted molar refractivity (Wildman–Crippen MR) is 188 cm³/mol. The van der Waals surface area contributed by atoms with E-state index in [-0.39, 0.29) is 35.2 Å². The maximum atomic E-state index is 14.7. The quantitative estimate of drug-likeness (QED) is 0.134. The largest absolute Gasteiger partial charge is 0.495 e. The monoisotopic (exact) mass is 695 g/mol. The second kappa shape index (κ2) is 16.7. The smallest absolute Gasteiger partial charge is 0.264 e. The van der Waals surface area contributed by atoms with Crippen LogP contribution in [0.25, 0.3) is 0 Å². The van der Waals surface area contributed by atoms with Crippen LogP contribution in [-0.2, 0) is 32.6 Å². The summed E-state index contributed by atoms with van der Waals surface area (Å²) in [6.07, 6.45) is 1.82. The number of nitrogens with one attached hydrogen (secondary N) is 1. The van der Waals surface area contributed by atoms with Crippen LogP contribution in [0.2, 0.25) is 10.0 Å². The van der Waals surface area contributed by atoms with Crippen LogP contribution in [0, 0.1) is 6.92 Å². The summed E-state index contributed by atoms with van der Waals surface area (Å²) in [4.78, 5) is 30.0. The highest BCUT2D eigenvalue weighted by molar-refractivity contribution is 7.92. The van der Waals surface area contributed by atoms with E-state index in [0.717, 1.165) is 28.3 Å². The number of unbranched alkanes of at least 4 members (excludes halogenated alkanes) is 1. The van der Waals surface area contributed by atoms with E-state index < -0.39 is 28.5 Å². The third kappa shape index (κ3) is 9.28. The molecule has 4 rings (SSSR count). The molecule has 47 heavy (non-hydrogen) atoms. The Hall–Kier alpha value is -4.05. The molecule has 4 aromatic carbocycles. The van der Waals surface area contributed by atoms with Crippen molar-refractivity contribution in [3.8, 4) is 5.75 Å². The first-order valence-corrected chi connectivity index (χ1v) is 17.5. The van der Waals surface area contributed by atoms with Gasteiger partial charge in [0.2, 0.25) is 11.8 Å². The van der Waals surface area contributed by atoms with Crippen molar-refractivity contribution in [1.82, 2.24) is 10.2 Å². The van der Waals surface area contributed by atoms with Crippen molar-refractivity contribution in [2.45, 2.75) is 50.6 Å². The van der Waals surface area contributed by atoms with Crippen LogP contribution in [-0.4, -0.2) is 51.4 Å². The molecule has 0 bridgehead atoms. The Kier molecular flexibility index (Phi) is 12.7. The van der Waals surface area contributed by atoms with Gasteiger partial charge in [0.05, 0.1) is 17.7 Å². The van der Waals surface area contributed by atoms with Crippen LogP contribution in [0.15, 0.2) is 102 Å². The standard InChI is InChI=1S/C36H39Cl2N3O5S/c1-4-5-20-39-36(43)33(22-27-12-8-6-9-13-27)40(24-28-17-18-29(37)23-31(28)38)35(42)25-41(32-21-26(2)16-19-34(32)46-3)47(44,45)30-14-10-7-11-15-30/h6-19,21,23,33H,4-5,20,22,24-25H2,1-3H3,(H,39,43). The Morgan fingerprint density at radius 1 is 0.915 bits per heavy atom. The Morgan fingerprint density at radius 2 is 1.60 bits per heavy atom. The van der Waals surface area contributed by atoms with Gasteiger partial charge < -0.3 is 15.0 Å². The molecule has 0 heterocycles. The molecule has 0 aromatic heterocycles. The Labute approximate surface area is 287 Å². The van der Waals surface area contributed by atoms with Gasteiger partial charge in [0, 0.05) is 29.6 Å². The van der Waals surface area contributed by atoms with Crippen LogP contribution in [0.5, 0.6) is 5.75 Å². The number of halogens is 2. The zero-order valence-electron chi connectivity index (χ0n) is 26.7. The van der Waals surface area contributed by atoms with Gasteiger partial charge in [-0.2, -0.15) is 0 Å². The minimum absolute atomic E-state index is 0.00167. The van der Waals surface area contributed by atoms with Crippen LogP contribution in [0.1, 0.15) is 36.5 Å². The first-order valence-electron chi connectivity index (χ1n) is 15.3. The lowest BCUT2D eigenvalue weighted by molar-refractivity contribution is -0.140. The van der Waals surface area contributed by atoms with E-state index in [1.807, 2.05) is 44.2 Å². The Bertz CT molecular complexity index is 1770. The number of nitrogens with zero attached hydrogens (tertiary/aromatic N) is 2. The van der Waals surface area contributed by atoms with Gasteiger partial charge in [-0.3, -0.25) is 13.9 Å². The number of ether oxygens (including phenoxy) is 1. The van der Waals surface area contributed by atoms with E-state index in [1.54, 1.807) is 54.6 Å². The maximum Gasteiger partial charge on any atom is 0.264 e. The number of aryl methyl sites for hydroxylation is 1.